The van der Waals surface area contributed by atoms with Crippen molar-refractivity contribution in [3.63, 3.8) is 0 Å². The standard InChI is InChI=1S/C21H24N2O2S/c1-15(16-10-6-5-7-11-16)26-20-22-17-12-8-9-13-18(17)23(20)14-19(24)25-21(2,3)4/h5-13,15H,14H2,1-4H3. The molecular formula is C21H24N2O2S. The second kappa shape index (κ2) is 7.54. The van der Waals surface area contributed by atoms with Gasteiger partial charge in [0.05, 0.1) is 11.0 Å². The number of nitrogens with zero attached hydrogens (tertiary/aromatic N) is 2. The molecular weight excluding hydrogens is 344 g/mol. The van der Waals surface area contributed by atoms with E-state index in [-0.39, 0.29) is 17.8 Å². The van der Waals surface area contributed by atoms with Crippen LogP contribution in [0, 0.1) is 0 Å². The highest BCUT2D eigenvalue weighted by molar-refractivity contribution is 7.99. The Morgan fingerprint density at radius 1 is 1.12 bits per heavy atom. The zero-order valence-corrected chi connectivity index (χ0v) is 16.4. The molecule has 0 saturated heterocycles. The first-order chi connectivity index (χ1) is 12.3. The van der Waals surface area contributed by atoms with Crippen molar-refractivity contribution in [3.05, 3.63) is 60.2 Å². The maximum absolute atomic E-state index is 12.4. The van der Waals surface area contributed by atoms with Crippen LogP contribution in [-0.2, 0) is 16.1 Å². The van der Waals surface area contributed by atoms with E-state index in [0.29, 0.717) is 0 Å². The first-order valence-corrected chi connectivity index (χ1v) is 9.60. The number of rotatable bonds is 5. The Morgan fingerprint density at radius 2 is 1.77 bits per heavy atom. The van der Waals surface area contributed by atoms with Gasteiger partial charge in [0.2, 0.25) is 0 Å². The molecule has 0 fully saturated rings. The van der Waals surface area contributed by atoms with Gasteiger partial charge in [0.1, 0.15) is 12.1 Å². The number of ether oxygens (including phenoxy) is 1. The largest absolute Gasteiger partial charge is 0.459 e. The third-order valence-corrected chi connectivity index (χ3v) is 5.03. The van der Waals surface area contributed by atoms with Crippen LogP contribution in [0.2, 0.25) is 0 Å². The average molecular weight is 369 g/mol. The Labute approximate surface area is 158 Å². The molecule has 3 aromatic rings. The summed E-state index contributed by atoms with van der Waals surface area (Å²) in [4.78, 5) is 17.1. The molecule has 0 radical (unpaired) electrons. The number of thioether (sulfide) groups is 1. The zero-order valence-electron chi connectivity index (χ0n) is 15.6. The van der Waals surface area contributed by atoms with E-state index in [4.69, 9.17) is 9.72 Å². The van der Waals surface area contributed by atoms with Crippen LogP contribution < -0.4 is 0 Å². The first kappa shape index (κ1) is 18.5. The molecule has 1 heterocycles. The van der Waals surface area contributed by atoms with E-state index in [2.05, 4.69) is 19.1 Å². The summed E-state index contributed by atoms with van der Waals surface area (Å²) in [6.07, 6.45) is 0. The number of benzene rings is 2. The highest BCUT2D eigenvalue weighted by Crippen LogP contribution is 2.35. The minimum Gasteiger partial charge on any atom is -0.459 e. The van der Waals surface area contributed by atoms with Crippen LogP contribution in [0.15, 0.2) is 59.8 Å². The first-order valence-electron chi connectivity index (χ1n) is 8.72. The fourth-order valence-electron chi connectivity index (χ4n) is 2.75. The molecule has 1 atom stereocenters. The molecule has 1 aromatic heterocycles. The highest BCUT2D eigenvalue weighted by Gasteiger charge is 2.21. The zero-order chi connectivity index (χ0) is 18.7. The van der Waals surface area contributed by atoms with Crippen LogP contribution >= 0.6 is 11.8 Å². The fraction of sp³-hybridized carbons (Fsp3) is 0.333. The second-order valence-corrected chi connectivity index (χ2v) is 8.53. The van der Waals surface area contributed by atoms with Crippen LogP contribution in [0.5, 0.6) is 0 Å². The molecule has 26 heavy (non-hydrogen) atoms. The number of hydrogen-bond acceptors (Lipinski definition) is 4. The van der Waals surface area contributed by atoms with Crippen molar-refractivity contribution in [1.29, 1.82) is 0 Å². The van der Waals surface area contributed by atoms with Gasteiger partial charge in [-0.05, 0) is 45.4 Å². The molecule has 1 unspecified atom stereocenters. The number of aromatic nitrogens is 2. The summed E-state index contributed by atoms with van der Waals surface area (Å²) in [5, 5.41) is 1.05. The molecule has 4 nitrogen and oxygen atoms in total. The Bertz CT molecular complexity index is 897. The van der Waals surface area contributed by atoms with E-state index in [1.807, 2.05) is 67.8 Å². The van der Waals surface area contributed by atoms with Crippen molar-refractivity contribution in [1.82, 2.24) is 9.55 Å². The van der Waals surface area contributed by atoms with Crippen LogP contribution in [0.25, 0.3) is 11.0 Å². The van der Waals surface area contributed by atoms with Gasteiger partial charge in [0.15, 0.2) is 5.16 Å². The van der Waals surface area contributed by atoms with Gasteiger partial charge in [-0.2, -0.15) is 0 Å². The molecule has 136 valence electrons. The van der Waals surface area contributed by atoms with Crippen LogP contribution in [0.4, 0.5) is 0 Å². The molecule has 0 amide bonds. The van der Waals surface area contributed by atoms with Crippen molar-refractivity contribution in [3.8, 4) is 0 Å². The van der Waals surface area contributed by atoms with Gasteiger partial charge in [-0.3, -0.25) is 4.79 Å². The number of fused-ring (bicyclic) bond motifs is 1. The number of imidazole rings is 1. The summed E-state index contributed by atoms with van der Waals surface area (Å²) >= 11 is 1.65. The molecule has 0 aliphatic rings. The van der Waals surface area contributed by atoms with Gasteiger partial charge < -0.3 is 9.30 Å². The highest BCUT2D eigenvalue weighted by atomic mass is 32.2. The van der Waals surface area contributed by atoms with Gasteiger partial charge in [-0.25, -0.2) is 4.98 Å². The lowest BCUT2D eigenvalue weighted by Crippen LogP contribution is -2.26. The lowest BCUT2D eigenvalue weighted by molar-refractivity contribution is -0.155. The lowest BCUT2D eigenvalue weighted by Gasteiger charge is -2.20. The van der Waals surface area contributed by atoms with E-state index in [0.717, 1.165) is 16.2 Å². The molecule has 0 aliphatic carbocycles. The SMILES string of the molecule is CC(Sc1nc2ccccc2n1CC(=O)OC(C)(C)C)c1ccccc1. The number of para-hydroxylation sites is 2. The van der Waals surface area contributed by atoms with Gasteiger partial charge in [0, 0.05) is 5.25 Å². The Balaban J connectivity index is 1.90. The van der Waals surface area contributed by atoms with Crippen LogP contribution in [0.3, 0.4) is 0 Å². The summed E-state index contributed by atoms with van der Waals surface area (Å²) < 4.78 is 7.46. The van der Waals surface area contributed by atoms with Crippen molar-refractivity contribution < 1.29 is 9.53 Å². The van der Waals surface area contributed by atoms with Gasteiger partial charge >= 0.3 is 5.97 Å². The molecule has 0 N–H and O–H groups in total. The Hall–Kier alpha value is -2.27. The monoisotopic (exact) mass is 368 g/mol. The second-order valence-electron chi connectivity index (χ2n) is 7.23. The fourth-order valence-corrected chi connectivity index (χ4v) is 3.80. The average Bonchev–Trinajstić information content (AvgIpc) is 2.91. The summed E-state index contributed by atoms with van der Waals surface area (Å²) in [6.45, 7) is 7.94. The third kappa shape index (κ3) is 4.47. The normalized spacial score (nSPS) is 12.9. The van der Waals surface area contributed by atoms with E-state index >= 15 is 0 Å². The Morgan fingerprint density at radius 3 is 2.46 bits per heavy atom. The molecule has 2 aromatic carbocycles. The van der Waals surface area contributed by atoms with Gasteiger partial charge in [-0.1, -0.05) is 54.2 Å². The smallest absolute Gasteiger partial charge is 0.326 e. The maximum atomic E-state index is 12.4. The molecule has 0 spiro atoms. The van der Waals surface area contributed by atoms with Crippen LogP contribution in [0.1, 0.15) is 38.5 Å². The predicted octanol–water partition coefficient (Wildman–Crippen LogP) is 5.23. The summed E-state index contributed by atoms with van der Waals surface area (Å²) in [5.41, 5.74) is 2.56. The molecule has 0 bridgehead atoms. The van der Waals surface area contributed by atoms with Crippen molar-refractivity contribution >= 4 is 28.8 Å². The molecule has 0 saturated carbocycles. The minimum atomic E-state index is -0.502. The van der Waals surface area contributed by atoms with E-state index in [1.54, 1.807) is 11.8 Å². The summed E-state index contributed by atoms with van der Waals surface area (Å²) in [5.74, 6) is -0.255. The van der Waals surface area contributed by atoms with E-state index in [9.17, 15) is 4.79 Å². The number of carbonyl (C=O) groups is 1. The lowest BCUT2D eigenvalue weighted by atomic mass is 10.2. The topological polar surface area (TPSA) is 44.1 Å². The maximum Gasteiger partial charge on any atom is 0.326 e. The van der Waals surface area contributed by atoms with E-state index < -0.39 is 5.60 Å². The third-order valence-electron chi connectivity index (χ3n) is 3.88. The minimum absolute atomic E-state index is 0.154. The van der Waals surface area contributed by atoms with E-state index in [1.165, 1.54) is 5.56 Å². The van der Waals surface area contributed by atoms with Crippen molar-refractivity contribution in [2.24, 2.45) is 0 Å². The Kier molecular flexibility index (Phi) is 5.37. The molecule has 0 aliphatic heterocycles. The number of esters is 1. The predicted molar refractivity (Wildman–Crippen MR) is 106 cm³/mol. The number of carbonyl (C=O) groups excluding carboxylic acids is 1. The van der Waals surface area contributed by atoms with Gasteiger partial charge in [-0.15, -0.1) is 0 Å². The summed E-state index contributed by atoms with van der Waals surface area (Å²) in [6, 6.07) is 18.2. The number of hydrogen-bond donors (Lipinski definition) is 0. The molecule has 5 heteroatoms. The van der Waals surface area contributed by atoms with Gasteiger partial charge in [0.25, 0.3) is 0 Å². The van der Waals surface area contributed by atoms with Crippen molar-refractivity contribution in [2.75, 3.05) is 0 Å². The summed E-state index contributed by atoms with van der Waals surface area (Å²) in [7, 11) is 0. The molecule has 3 rings (SSSR count). The quantitative estimate of drug-likeness (QED) is 0.457. The van der Waals surface area contributed by atoms with Crippen molar-refractivity contribution in [2.45, 2.75) is 50.2 Å². The van der Waals surface area contributed by atoms with Crippen LogP contribution in [-0.4, -0.2) is 21.1 Å².